The van der Waals surface area contributed by atoms with Gasteiger partial charge >= 0.3 is 0 Å². The minimum absolute atomic E-state index is 0.132. The average molecular weight is 250 g/mol. The van der Waals surface area contributed by atoms with Gasteiger partial charge in [-0.25, -0.2) is 0 Å². The number of benzene rings is 1. The maximum Gasteiger partial charge on any atom is 0.251 e. The lowest BCUT2D eigenvalue weighted by molar-refractivity contribution is 0.0946. The molecule has 3 N–H and O–H groups in total. The molecule has 1 unspecified atom stereocenters. The molecule has 0 fully saturated rings. The molecule has 0 aliphatic heterocycles. The van der Waals surface area contributed by atoms with Crippen LogP contribution in [0.5, 0.6) is 0 Å². The molecule has 0 aromatic heterocycles. The third-order valence-corrected chi connectivity index (χ3v) is 2.97. The molecule has 1 aromatic carbocycles. The standard InChI is InChI=1S/C13H18N2OS/c1-3-9-5-7-10(8-6-9)13(16)15-11(4-2)12(14)17/h5-8,11H,3-4H2,1-2H3,(H2,14,17)(H,15,16). The topological polar surface area (TPSA) is 55.1 Å². The van der Waals surface area contributed by atoms with Gasteiger partial charge < -0.3 is 11.1 Å². The summed E-state index contributed by atoms with van der Waals surface area (Å²) < 4.78 is 0. The Bertz CT molecular complexity index is 400. The Morgan fingerprint density at radius 3 is 2.35 bits per heavy atom. The highest BCUT2D eigenvalue weighted by Crippen LogP contribution is 2.05. The average Bonchev–Trinajstić information content (AvgIpc) is 2.35. The molecule has 0 saturated carbocycles. The van der Waals surface area contributed by atoms with Crippen LogP contribution in [-0.2, 0) is 6.42 Å². The smallest absolute Gasteiger partial charge is 0.251 e. The van der Waals surface area contributed by atoms with Gasteiger partial charge in [0.25, 0.3) is 5.91 Å². The number of carbonyl (C=O) groups excluding carboxylic acids is 1. The Labute approximate surface area is 107 Å². The molecule has 92 valence electrons. The molecule has 0 aliphatic rings. The third kappa shape index (κ3) is 3.82. The Balaban J connectivity index is 2.72. The highest BCUT2D eigenvalue weighted by Gasteiger charge is 2.13. The lowest BCUT2D eigenvalue weighted by Crippen LogP contribution is -2.42. The van der Waals surface area contributed by atoms with Gasteiger partial charge in [-0.2, -0.15) is 0 Å². The van der Waals surface area contributed by atoms with Crippen LogP contribution in [0.3, 0.4) is 0 Å². The Hall–Kier alpha value is -1.42. The molecular weight excluding hydrogens is 232 g/mol. The van der Waals surface area contributed by atoms with Gasteiger partial charge in [-0.1, -0.05) is 38.2 Å². The van der Waals surface area contributed by atoms with Crippen LogP contribution in [0, 0.1) is 0 Å². The second-order valence-corrected chi connectivity index (χ2v) is 4.36. The van der Waals surface area contributed by atoms with Crippen LogP contribution in [0.25, 0.3) is 0 Å². The van der Waals surface area contributed by atoms with Crippen molar-refractivity contribution in [1.29, 1.82) is 0 Å². The van der Waals surface area contributed by atoms with Crippen molar-refractivity contribution in [3.63, 3.8) is 0 Å². The van der Waals surface area contributed by atoms with Crippen molar-refractivity contribution >= 4 is 23.1 Å². The van der Waals surface area contributed by atoms with Crippen molar-refractivity contribution in [2.75, 3.05) is 0 Å². The first-order valence-electron chi connectivity index (χ1n) is 5.77. The van der Waals surface area contributed by atoms with E-state index in [1.54, 1.807) is 0 Å². The Morgan fingerprint density at radius 2 is 1.94 bits per heavy atom. The van der Waals surface area contributed by atoms with Gasteiger partial charge in [0.2, 0.25) is 0 Å². The van der Waals surface area contributed by atoms with Crippen molar-refractivity contribution in [3.8, 4) is 0 Å². The summed E-state index contributed by atoms with van der Waals surface area (Å²) in [5, 5.41) is 2.81. The van der Waals surface area contributed by atoms with Gasteiger partial charge in [-0.15, -0.1) is 0 Å². The molecule has 3 nitrogen and oxygen atoms in total. The fourth-order valence-electron chi connectivity index (χ4n) is 1.51. The summed E-state index contributed by atoms with van der Waals surface area (Å²) in [6, 6.07) is 7.32. The van der Waals surface area contributed by atoms with E-state index in [0.717, 1.165) is 6.42 Å². The summed E-state index contributed by atoms with van der Waals surface area (Å²) in [5.41, 5.74) is 7.38. The van der Waals surface area contributed by atoms with Crippen molar-refractivity contribution in [2.24, 2.45) is 5.73 Å². The number of hydrogen-bond acceptors (Lipinski definition) is 2. The number of nitrogens with one attached hydrogen (secondary N) is 1. The minimum Gasteiger partial charge on any atom is -0.392 e. The Kier molecular flexibility index (Phi) is 5.10. The molecule has 4 heteroatoms. The first-order valence-corrected chi connectivity index (χ1v) is 6.18. The molecule has 0 radical (unpaired) electrons. The quantitative estimate of drug-likeness (QED) is 0.786. The van der Waals surface area contributed by atoms with Gasteiger partial charge in [0.05, 0.1) is 11.0 Å². The van der Waals surface area contributed by atoms with Crippen LogP contribution in [0.15, 0.2) is 24.3 Å². The minimum atomic E-state index is -0.233. The van der Waals surface area contributed by atoms with Gasteiger partial charge in [0.15, 0.2) is 0 Å². The number of thiocarbonyl (C=S) groups is 1. The molecule has 0 bridgehead atoms. The van der Waals surface area contributed by atoms with Crippen LogP contribution >= 0.6 is 12.2 Å². The van der Waals surface area contributed by atoms with Gasteiger partial charge in [-0.3, -0.25) is 4.79 Å². The van der Waals surface area contributed by atoms with Crippen LogP contribution in [-0.4, -0.2) is 16.9 Å². The summed E-state index contributed by atoms with van der Waals surface area (Å²) in [4.78, 5) is 12.2. The lowest BCUT2D eigenvalue weighted by atomic mass is 10.1. The maximum atomic E-state index is 11.9. The normalized spacial score (nSPS) is 11.9. The summed E-state index contributed by atoms with van der Waals surface area (Å²) in [5.74, 6) is -0.132. The van der Waals surface area contributed by atoms with Gasteiger partial charge in [-0.05, 0) is 30.5 Å². The SMILES string of the molecule is CCc1ccc(C(=O)NC(CC)C(N)=S)cc1. The van der Waals surface area contributed by atoms with E-state index in [2.05, 4.69) is 12.2 Å². The lowest BCUT2D eigenvalue weighted by Gasteiger charge is -2.15. The van der Waals surface area contributed by atoms with Gasteiger partial charge in [0.1, 0.15) is 0 Å². The maximum absolute atomic E-state index is 11.9. The van der Waals surface area contributed by atoms with Crippen LogP contribution in [0.2, 0.25) is 0 Å². The zero-order valence-corrected chi connectivity index (χ0v) is 11.0. The van der Waals surface area contributed by atoms with E-state index in [4.69, 9.17) is 18.0 Å². The number of amides is 1. The number of carbonyl (C=O) groups is 1. The van der Waals surface area contributed by atoms with Crippen molar-refractivity contribution in [1.82, 2.24) is 5.32 Å². The molecular formula is C13H18N2OS. The van der Waals surface area contributed by atoms with Crippen molar-refractivity contribution in [3.05, 3.63) is 35.4 Å². The van der Waals surface area contributed by atoms with E-state index in [0.29, 0.717) is 17.0 Å². The first kappa shape index (κ1) is 13.6. The van der Waals surface area contributed by atoms with E-state index < -0.39 is 0 Å². The van der Waals surface area contributed by atoms with E-state index in [9.17, 15) is 4.79 Å². The zero-order chi connectivity index (χ0) is 12.8. The fraction of sp³-hybridized carbons (Fsp3) is 0.385. The van der Waals surface area contributed by atoms with Crippen molar-refractivity contribution in [2.45, 2.75) is 32.7 Å². The highest BCUT2D eigenvalue weighted by atomic mass is 32.1. The molecule has 17 heavy (non-hydrogen) atoms. The third-order valence-electron chi connectivity index (χ3n) is 2.68. The highest BCUT2D eigenvalue weighted by molar-refractivity contribution is 7.80. The van der Waals surface area contributed by atoms with E-state index in [1.165, 1.54) is 5.56 Å². The first-order chi connectivity index (χ1) is 8.08. The second kappa shape index (κ2) is 6.35. The number of nitrogens with two attached hydrogens (primary N) is 1. The van der Waals surface area contributed by atoms with E-state index in [1.807, 2.05) is 31.2 Å². The van der Waals surface area contributed by atoms with E-state index in [-0.39, 0.29) is 11.9 Å². The predicted octanol–water partition coefficient (Wildman–Crippen LogP) is 2.04. The zero-order valence-electron chi connectivity index (χ0n) is 10.2. The van der Waals surface area contributed by atoms with E-state index >= 15 is 0 Å². The summed E-state index contributed by atoms with van der Waals surface area (Å²) in [7, 11) is 0. The number of hydrogen-bond donors (Lipinski definition) is 2. The molecule has 0 spiro atoms. The monoisotopic (exact) mass is 250 g/mol. The molecule has 1 aromatic rings. The molecule has 1 amide bonds. The molecule has 0 heterocycles. The largest absolute Gasteiger partial charge is 0.392 e. The van der Waals surface area contributed by atoms with Gasteiger partial charge in [0, 0.05) is 5.56 Å². The molecule has 1 atom stereocenters. The molecule has 0 saturated heterocycles. The van der Waals surface area contributed by atoms with Crippen LogP contribution in [0.1, 0.15) is 36.2 Å². The summed E-state index contributed by atoms with van der Waals surface area (Å²) >= 11 is 4.89. The summed E-state index contributed by atoms with van der Waals surface area (Å²) in [6.45, 7) is 4.01. The fourth-order valence-corrected chi connectivity index (χ4v) is 1.73. The summed E-state index contributed by atoms with van der Waals surface area (Å²) in [6.07, 6.45) is 1.67. The second-order valence-electron chi connectivity index (χ2n) is 3.89. The van der Waals surface area contributed by atoms with Crippen LogP contribution < -0.4 is 11.1 Å². The number of aryl methyl sites for hydroxylation is 1. The number of rotatable bonds is 5. The Morgan fingerprint density at radius 1 is 1.35 bits per heavy atom. The molecule has 1 rings (SSSR count). The van der Waals surface area contributed by atoms with Crippen LogP contribution in [0.4, 0.5) is 0 Å². The van der Waals surface area contributed by atoms with Crippen molar-refractivity contribution < 1.29 is 4.79 Å². The predicted molar refractivity (Wildman–Crippen MR) is 74.2 cm³/mol. The molecule has 0 aliphatic carbocycles.